The van der Waals surface area contributed by atoms with E-state index in [1.807, 2.05) is 18.2 Å². The van der Waals surface area contributed by atoms with E-state index < -0.39 is 0 Å². The van der Waals surface area contributed by atoms with Crippen LogP contribution in [0.1, 0.15) is 25.3 Å². The number of carbonyl (C=O) groups excluding carboxylic acids is 1. The van der Waals surface area contributed by atoms with Crippen molar-refractivity contribution in [1.82, 2.24) is 10.6 Å². The lowest BCUT2D eigenvalue weighted by atomic mass is 9.92. The van der Waals surface area contributed by atoms with E-state index in [9.17, 15) is 4.79 Å². The number of nitrogens with one attached hydrogen (secondary N) is 2. The molecular formula is C16H24N2O2. The van der Waals surface area contributed by atoms with Crippen molar-refractivity contribution in [2.75, 3.05) is 20.2 Å². The second-order valence-corrected chi connectivity index (χ2v) is 5.47. The van der Waals surface area contributed by atoms with Gasteiger partial charge < -0.3 is 15.4 Å². The van der Waals surface area contributed by atoms with Crippen molar-refractivity contribution in [3.05, 3.63) is 29.8 Å². The Labute approximate surface area is 120 Å². The number of benzene rings is 1. The number of carbonyl (C=O) groups is 1. The molecule has 4 nitrogen and oxygen atoms in total. The highest BCUT2D eigenvalue weighted by atomic mass is 16.5. The van der Waals surface area contributed by atoms with E-state index in [2.05, 4.69) is 23.6 Å². The average molecular weight is 276 g/mol. The third-order valence-corrected chi connectivity index (χ3v) is 3.84. The van der Waals surface area contributed by atoms with Crippen molar-refractivity contribution in [3.8, 4) is 5.75 Å². The second kappa shape index (κ2) is 7.29. The van der Waals surface area contributed by atoms with Gasteiger partial charge in [-0.05, 0) is 50.4 Å². The van der Waals surface area contributed by atoms with Gasteiger partial charge in [0.1, 0.15) is 5.75 Å². The average Bonchev–Trinajstić information content (AvgIpc) is 2.47. The van der Waals surface area contributed by atoms with Crippen molar-refractivity contribution >= 4 is 5.91 Å². The Bertz CT molecular complexity index is 448. The van der Waals surface area contributed by atoms with Gasteiger partial charge in [-0.2, -0.15) is 0 Å². The molecule has 1 aliphatic heterocycles. The van der Waals surface area contributed by atoms with Crippen molar-refractivity contribution in [2.45, 2.75) is 32.2 Å². The van der Waals surface area contributed by atoms with Gasteiger partial charge in [-0.3, -0.25) is 4.79 Å². The third-order valence-electron chi connectivity index (χ3n) is 3.84. The van der Waals surface area contributed by atoms with Crippen LogP contribution < -0.4 is 15.4 Å². The minimum atomic E-state index is 0.163. The molecule has 0 aliphatic carbocycles. The lowest BCUT2D eigenvalue weighted by Crippen LogP contribution is -2.42. The van der Waals surface area contributed by atoms with E-state index in [1.165, 1.54) is 5.56 Å². The molecule has 2 rings (SSSR count). The van der Waals surface area contributed by atoms with Crippen molar-refractivity contribution in [2.24, 2.45) is 5.92 Å². The van der Waals surface area contributed by atoms with Gasteiger partial charge in [0.2, 0.25) is 5.91 Å². The Morgan fingerprint density at radius 1 is 1.50 bits per heavy atom. The van der Waals surface area contributed by atoms with Gasteiger partial charge >= 0.3 is 0 Å². The van der Waals surface area contributed by atoms with E-state index in [1.54, 1.807) is 7.11 Å². The molecule has 1 heterocycles. The quantitative estimate of drug-likeness (QED) is 0.861. The third kappa shape index (κ3) is 4.23. The normalized spacial score (nSPS) is 22.3. The molecule has 1 aromatic carbocycles. The number of amides is 1. The fourth-order valence-corrected chi connectivity index (χ4v) is 2.67. The zero-order valence-electron chi connectivity index (χ0n) is 12.3. The molecule has 1 fully saturated rings. The molecule has 0 saturated carbocycles. The number of piperidine rings is 1. The fourth-order valence-electron chi connectivity index (χ4n) is 2.67. The maximum absolute atomic E-state index is 12.1. The van der Waals surface area contributed by atoms with Crippen molar-refractivity contribution in [3.63, 3.8) is 0 Å². The van der Waals surface area contributed by atoms with Gasteiger partial charge in [0, 0.05) is 18.5 Å². The number of hydrogen-bond acceptors (Lipinski definition) is 3. The van der Waals surface area contributed by atoms with Gasteiger partial charge in [0.25, 0.3) is 0 Å². The topological polar surface area (TPSA) is 50.4 Å². The van der Waals surface area contributed by atoms with Crippen LogP contribution in [-0.4, -0.2) is 32.1 Å². The van der Waals surface area contributed by atoms with Crippen LogP contribution >= 0.6 is 0 Å². The predicted molar refractivity (Wildman–Crippen MR) is 79.9 cm³/mol. The van der Waals surface area contributed by atoms with Crippen LogP contribution in [0.5, 0.6) is 5.75 Å². The Morgan fingerprint density at radius 2 is 2.35 bits per heavy atom. The summed E-state index contributed by atoms with van der Waals surface area (Å²) in [6.45, 7) is 3.76. The van der Waals surface area contributed by atoms with Crippen LogP contribution in [0.3, 0.4) is 0 Å². The summed E-state index contributed by atoms with van der Waals surface area (Å²) in [7, 11) is 1.67. The number of hydrogen-bond donors (Lipinski definition) is 2. The summed E-state index contributed by atoms with van der Waals surface area (Å²) >= 11 is 0. The van der Waals surface area contributed by atoms with Gasteiger partial charge in [0.15, 0.2) is 0 Å². The molecule has 2 unspecified atom stereocenters. The van der Waals surface area contributed by atoms with Gasteiger partial charge in [-0.15, -0.1) is 0 Å². The number of ether oxygens (including phenoxy) is 1. The molecule has 2 N–H and O–H groups in total. The molecule has 0 radical (unpaired) electrons. The lowest BCUT2D eigenvalue weighted by Gasteiger charge is -2.27. The first-order valence-electron chi connectivity index (χ1n) is 7.33. The Morgan fingerprint density at radius 3 is 3.10 bits per heavy atom. The van der Waals surface area contributed by atoms with Crippen LogP contribution in [-0.2, 0) is 11.2 Å². The van der Waals surface area contributed by atoms with Crippen LogP contribution in [0, 0.1) is 5.92 Å². The molecule has 4 heteroatoms. The first-order chi connectivity index (χ1) is 9.69. The highest BCUT2D eigenvalue weighted by Crippen LogP contribution is 2.16. The standard InChI is InChI=1S/C16H24N2O2/c1-12-10-14(7-9-17-12)16(19)18-8-6-13-4-3-5-15(11-13)20-2/h3-5,11-12,14,17H,6-10H2,1-2H3,(H,18,19). The Hall–Kier alpha value is -1.55. The SMILES string of the molecule is COc1cccc(CCNC(=O)C2CCNC(C)C2)c1. The molecule has 110 valence electrons. The monoisotopic (exact) mass is 276 g/mol. The summed E-state index contributed by atoms with van der Waals surface area (Å²) in [6, 6.07) is 8.42. The summed E-state index contributed by atoms with van der Waals surface area (Å²) in [6.07, 6.45) is 2.71. The molecule has 1 saturated heterocycles. The maximum atomic E-state index is 12.1. The molecule has 0 spiro atoms. The smallest absolute Gasteiger partial charge is 0.223 e. The number of rotatable bonds is 5. The molecule has 0 bridgehead atoms. The van der Waals surface area contributed by atoms with E-state index in [0.717, 1.165) is 31.6 Å². The van der Waals surface area contributed by atoms with Gasteiger partial charge in [-0.25, -0.2) is 0 Å². The second-order valence-electron chi connectivity index (χ2n) is 5.47. The van der Waals surface area contributed by atoms with Crippen molar-refractivity contribution in [1.29, 1.82) is 0 Å². The molecule has 1 amide bonds. The van der Waals surface area contributed by atoms with Crippen LogP contribution in [0.25, 0.3) is 0 Å². The zero-order chi connectivity index (χ0) is 14.4. The zero-order valence-corrected chi connectivity index (χ0v) is 12.3. The van der Waals surface area contributed by atoms with Crippen LogP contribution in [0.15, 0.2) is 24.3 Å². The first-order valence-corrected chi connectivity index (χ1v) is 7.33. The van der Waals surface area contributed by atoms with E-state index >= 15 is 0 Å². The Balaban J connectivity index is 1.76. The highest BCUT2D eigenvalue weighted by molar-refractivity contribution is 5.78. The molecule has 20 heavy (non-hydrogen) atoms. The van der Waals surface area contributed by atoms with Crippen LogP contribution in [0.4, 0.5) is 0 Å². The maximum Gasteiger partial charge on any atom is 0.223 e. The summed E-state index contributed by atoms with van der Waals surface area (Å²) in [5, 5.41) is 6.42. The van der Waals surface area contributed by atoms with Gasteiger partial charge in [0.05, 0.1) is 7.11 Å². The predicted octanol–water partition coefficient (Wildman–Crippen LogP) is 1.74. The summed E-state index contributed by atoms with van der Waals surface area (Å²) in [5.41, 5.74) is 1.18. The molecule has 2 atom stereocenters. The van der Waals surface area contributed by atoms with Gasteiger partial charge in [-0.1, -0.05) is 12.1 Å². The Kier molecular flexibility index (Phi) is 5.41. The van der Waals surface area contributed by atoms with E-state index in [0.29, 0.717) is 12.6 Å². The number of methoxy groups -OCH3 is 1. The summed E-state index contributed by atoms with van der Waals surface area (Å²) in [4.78, 5) is 12.1. The molecule has 1 aromatic rings. The molecular weight excluding hydrogens is 252 g/mol. The summed E-state index contributed by atoms with van der Waals surface area (Å²) in [5.74, 6) is 1.22. The first kappa shape index (κ1) is 14.9. The minimum Gasteiger partial charge on any atom is -0.497 e. The fraction of sp³-hybridized carbons (Fsp3) is 0.562. The largest absolute Gasteiger partial charge is 0.497 e. The molecule has 1 aliphatic rings. The van der Waals surface area contributed by atoms with Crippen LogP contribution in [0.2, 0.25) is 0 Å². The van der Waals surface area contributed by atoms with E-state index in [-0.39, 0.29) is 11.8 Å². The minimum absolute atomic E-state index is 0.163. The highest BCUT2D eigenvalue weighted by Gasteiger charge is 2.24. The summed E-state index contributed by atoms with van der Waals surface area (Å²) < 4.78 is 5.19. The van der Waals surface area contributed by atoms with E-state index in [4.69, 9.17) is 4.74 Å². The lowest BCUT2D eigenvalue weighted by molar-refractivity contribution is -0.126. The molecule has 0 aromatic heterocycles. The van der Waals surface area contributed by atoms with Crippen molar-refractivity contribution < 1.29 is 9.53 Å².